The third-order valence-corrected chi connectivity index (χ3v) is 13.5. The number of alkyl carbamates (subject to hydrolysis) is 2. The van der Waals surface area contributed by atoms with Crippen LogP contribution in [0, 0.1) is 5.92 Å². The largest absolute Gasteiger partial charge is 0.500 e. The van der Waals surface area contributed by atoms with Crippen LogP contribution in [0.2, 0.25) is 6.04 Å². The number of hydrogen-bond donors (Lipinski definition) is 2. The average molecular weight is 795 g/mol. The molecule has 0 bridgehead atoms. The van der Waals surface area contributed by atoms with Crippen molar-refractivity contribution < 1.29 is 32.3 Å². The van der Waals surface area contributed by atoms with Crippen LogP contribution in [-0.2, 0) is 33.8 Å². The Labute approximate surface area is 336 Å². The highest BCUT2D eigenvalue weighted by Gasteiger charge is 2.36. The lowest BCUT2D eigenvalue weighted by Crippen LogP contribution is -2.42. The van der Waals surface area contributed by atoms with E-state index in [4.69, 9.17) is 22.8 Å². The van der Waals surface area contributed by atoms with Crippen molar-refractivity contribution in [3.63, 3.8) is 0 Å². The number of benzene rings is 2. The number of allylic oxidation sites excluding steroid dienone is 4. The van der Waals surface area contributed by atoms with Gasteiger partial charge in [0.05, 0.1) is 11.1 Å². The highest BCUT2D eigenvalue weighted by molar-refractivity contribution is 7.99. The smallest absolute Gasteiger partial charge is 0.445 e. The molecule has 0 spiro atoms. The standard InChI is InChI=1S/C44H66N2O7SSi/c1-34(2)37-22-17-24-39(32-37)43(5,6)45-41(47)52-27-15-12-13-20-36(26-30-54-29-19-31-55(49-9,50-10)51-11)21-14-16-28-53-42(48)46-44(7,8)40-25-18-23-38(33-40)35(3)4/h12,14-18,22-25,32-33,36H,1,3,13,19-21,26-31H2,2,4-11H3,(H,45,47)(H,46,48). The molecule has 0 saturated carbocycles. The summed E-state index contributed by atoms with van der Waals surface area (Å²) >= 11 is 1.92. The van der Waals surface area contributed by atoms with E-state index in [1.54, 1.807) is 21.3 Å². The number of ether oxygens (including phenoxy) is 2. The molecule has 0 radical (unpaired) electrons. The zero-order valence-electron chi connectivity index (χ0n) is 34.8. The molecular formula is C44H66N2O7SSi. The quantitative estimate of drug-likeness (QED) is 0.0582. The number of nitrogens with one attached hydrogen (secondary N) is 2. The highest BCUT2D eigenvalue weighted by Crippen LogP contribution is 2.26. The summed E-state index contributed by atoms with van der Waals surface area (Å²) in [4.78, 5) is 25.3. The third kappa shape index (κ3) is 17.4. The van der Waals surface area contributed by atoms with Gasteiger partial charge in [0.25, 0.3) is 0 Å². The van der Waals surface area contributed by atoms with Crippen molar-refractivity contribution in [2.24, 2.45) is 5.92 Å². The van der Waals surface area contributed by atoms with Crippen molar-refractivity contribution in [3.8, 4) is 0 Å². The van der Waals surface area contributed by atoms with Gasteiger partial charge in [0.15, 0.2) is 0 Å². The van der Waals surface area contributed by atoms with E-state index in [0.717, 1.165) is 83.1 Å². The maximum atomic E-state index is 12.7. The fourth-order valence-electron chi connectivity index (χ4n) is 5.87. The Balaban J connectivity index is 1.87. The van der Waals surface area contributed by atoms with Gasteiger partial charge in [0.2, 0.25) is 0 Å². The molecule has 0 aliphatic heterocycles. The van der Waals surface area contributed by atoms with Crippen LogP contribution in [0.3, 0.4) is 0 Å². The predicted octanol–water partition coefficient (Wildman–Crippen LogP) is 10.7. The van der Waals surface area contributed by atoms with E-state index in [9.17, 15) is 9.59 Å². The monoisotopic (exact) mass is 794 g/mol. The minimum atomic E-state index is -2.55. The first-order valence-electron chi connectivity index (χ1n) is 19.0. The number of thioether (sulfide) groups is 1. The van der Waals surface area contributed by atoms with Crippen LogP contribution in [0.25, 0.3) is 11.1 Å². The van der Waals surface area contributed by atoms with E-state index < -0.39 is 32.1 Å². The molecule has 2 N–H and O–H groups in total. The number of rotatable bonds is 25. The van der Waals surface area contributed by atoms with E-state index in [1.807, 2.05) is 114 Å². The van der Waals surface area contributed by atoms with Crippen LogP contribution >= 0.6 is 11.8 Å². The summed E-state index contributed by atoms with van der Waals surface area (Å²) in [6.45, 7) is 20.2. The molecule has 0 fully saturated rings. The summed E-state index contributed by atoms with van der Waals surface area (Å²) in [7, 11) is 2.39. The minimum absolute atomic E-state index is 0.189. The zero-order valence-corrected chi connectivity index (χ0v) is 36.6. The molecule has 2 amide bonds. The Hall–Kier alpha value is -3.61. The average Bonchev–Trinajstić information content (AvgIpc) is 3.15. The SMILES string of the molecule is C=C(C)c1cccc(C(C)(C)NC(=O)OCC=CCCC(CC=CCOC(=O)NC(C)(C)c2cccc(C(=C)C)c2)CCSCCC[Si](OC)(OC)OC)c1. The second-order valence-electron chi connectivity index (χ2n) is 14.8. The van der Waals surface area contributed by atoms with Crippen LogP contribution in [-0.4, -0.2) is 67.0 Å². The van der Waals surface area contributed by atoms with Gasteiger partial charge in [-0.15, -0.1) is 0 Å². The van der Waals surface area contributed by atoms with Gasteiger partial charge < -0.3 is 33.4 Å². The number of carbonyl (C=O) groups is 2. The molecule has 0 saturated heterocycles. The molecule has 2 aromatic rings. The zero-order chi connectivity index (χ0) is 40.9. The molecule has 304 valence electrons. The highest BCUT2D eigenvalue weighted by atomic mass is 32.2. The van der Waals surface area contributed by atoms with E-state index in [0.29, 0.717) is 5.92 Å². The summed E-state index contributed by atoms with van der Waals surface area (Å²) in [5.74, 6) is 2.46. The lowest BCUT2D eigenvalue weighted by Gasteiger charge is -2.27. The minimum Gasteiger partial charge on any atom is -0.445 e. The van der Waals surface area contributed by atoms with Gasteiger partial charge in [-0.25, -0.2) is 9.59 Å². The van der Waals surface area contributed by atoms with Gasteiger partial charge in [-0.1, -0.05) is 85.0 Å². The normalized spacial score (nSPS) is 12.8. The van der Waals surface area contributed by atoms with Crippen molar-refractivity contribution in [2.75, 3.05) is 46.0 Å². The predicted molar refractivity (Wildman–Crippen MR) is 231 cm³/mol. The second kappa shape index (κ2) is 24.1. The number of carbonyl (C=O) groups excluding carboxylic acids is 2. The van der Waals surface area contributed by atoms with Crippen molar-refractivity contribution >= 4 is 43.9 Å². The van der Waals surface area contributed by atoms with Crippen LogP contribution in [0.5, 0.6) is 0 Å². The summed E-state index contributed by atoms with van der Waals surface area (Å²) in [6.07, 6.45) is 11.8. The topological polar surface area (TPSA) is 104 Å². The molecule has 0 aliphatic carbocycles. The first-order chi connectivity index (χ1) is 26.1. The first kappa shape index (κ1) is 47.5. The van der Waals surface area contributed by atoms with Gasteiger partial charge in [-0.3, -0.25) is 0 Å². The summed E-state index contributed by atoms with van der Waals surface area (Å²) in [6, 6.07) is 16.8. The molecule has 9 nitrogen and oxygen atoms in total. The maximum absolute atomic E-state index is 12.7. The molecule has 2 aromatic carbocycles. The van der Waals surface area contributed by atoms with Crippen molar-refractivity contribution in [1.82, 2.24) is 10.6 Å². The summed E-state index contributed by atoms with van der Waals surface area (Å²) in [5.41, 5.74) is 4.77. The van der Waals surface area contributed by atoms with Gasteiger partial charge in [-0.05, 0) is 125 Å². The molecule has 1 atom stereocenters. The molecule has 0 heterocycles. The van der Waals surface area contributed by atoms with E-state index >= 15 is 0 Å². The van der Waals surface area contributed by atoms with Gasteiger partial charge >= 0.3 is 21.0 Å². The lowest BCUT2D eigenvalue weighted by atomic mass is 9.92. The van der Waals surface area contributed by atoms with E-state index in [2.05, 4.69) is 35.9 Å². The molecule has 0 aliphatic rings. The van der Waals surface area contributed by atoms with Crippen LogP contribution in [0.1, 0.15) is 95.9 Å². The van der Waals surface area contributed by atoms with Crippen LogP contribution < -0.4 is 10.6 Å². The molecule has 2 rings (SSSR count). The number of hydrogen-bond acceptors (Lipinski definition) is 8. The molecule has 55 heavy (non-hydrogen) atoms. The summed E-state index contributed by atoms with van der Waals surface area (Å²) in [5, 5.41) is 5.96. The fraction of sp³-hybridized carbons (Fsp3) is 0.500. The van der Waals surface area contributed by atoms with Crippen molar-refractivity contribution in [1.29, 1.82) is 0 Å². The maximum Gasteiger partial charge on any atom is 0.500 e. The van der Waals surface area contributed by atoms with Gasteiger partial charge in [-0.2, -0.15) is 11.8 Å². The van der Waals surface area contributed by atoms with E-state index in [-0.39, 0.29) is 13.2 Å². The van der Waals surface area contributed by atoms with Crippen LogP contribution in [0.15, 0.2) is 86.0 Å². The third-order valence-electron chi connectivity index (χ3n) is 9.52. The van der Waals surface area contributed by atoms with E-state index in [1.165, 1.54) is 0 Å². The van der Waals surface area contributed by atoms with Gasteiger partial charge in [0, 0.05) is 27.4 Å². The Kier molecular flexibility index (Phi) is 20.8. The van der Waals surface area contributed by atoms with Gasteiger partial charge in [0.1, 0.15) is 13.2 Å². The molecule has 1 unspecified atom stereocenters. The fourth-order valence-corrected chi connectivity index (χ4v) is 8.91. The summed E-state index contributed by atoms with van der Waals surface area (Å²) < 4.78 is 27.6. The number of amides is 2. The Morgan fingerprint density at radius 3 is 1.71 bits per heavy atom. The lowest BCUT2D eigenvalue weighted by molar-refractivity contribution is 0.123. The molecule has 0 aromatic heterocycles. The Bertz CT molecular complexity index is 1580. The van der Waals surface area contributed by atoms with Crippen molar-refractivity contribution in [2.45, 2.75) is 90.8 Å². The molecular weight excluding hydrogens is 729 g/mol. The first-order valence-corrected chi connectivity index (χ1v) is 22.1. The Morgan fingerprint density at radius 1 is 0.745 bits per heavy atom. The van der Waals surface area contributed by atoms with Crippen LogP contribution in [0.4, 0.5) is 9.59 Å². The second-order valence-corrected chi connectivity index (χ2v) is 19.2. The Morgan fingerprint density at radius 2 is 1.24 bits per heavy atom. The molecule has 11 heteroatoms. The van der Waals surface area contributed by atoms with Crippen molar-refractivity contribution in [3.05, 3.63) is 108 Å².